The lowest BCUT2D eigenvalue weighted by molar-refractivity contribution is -0.143. The minimum absolute atomic E-state index is 0.00453. The largest absolute Gasteiger partial charge is 0.481 e. The van der Waals surface area contributed by atoms with Crippen LogP contribution in [0.1, 0.15) is 79.1 Å². The van der Waals surface area contributed by atoms with Crippen molar-refractivity contribution in [1.29, 1.82) is 0 Å². The first-order valence-electron chi connectivity index (χ1n) is 13.1. The number of aliphatic hydroxyl groups is 1. The second-order valence-electron chi connectivity index (χ2n) is 10.3. The molecule has 5 atom stereocenters. The molecule has 0 aromatic heterocycles. The molecule has 3 amide bonds. The number of amides is 3. The number of carboxylic acid groups (broad SMARTS) is 2. The number of carbonyl (C=O) groups is 5. The van der Waals surface area contributed by atoms with Gasteiger partial charge in [-0.3, -0.25) is 19.2 Å². The van der Waals surface area contributed by atoms with Gasteiger partial charge in [0.15, 0.2) is 0 Å². The summed E-state index contributed by atoms with van der Waals surface area (Å²) in [7, 11) is 0. The zero-order chi connectivity index (χ0) is 28.1. The Morgan fingerprint density at radius 3 is 1.92 bits per heavy atom. The van der Waals surface area contributed by atoms with Crippen molar-refractivity contribution in [2.45, 2.75) is 109 Å². The van der Waals surface area contributed by atoms with Crippen LogP contribution in [-0.2, 0) is 24.0 Å². The van der Waals surface area contributed by atoms with E-state index in [1.807, 2.05) is 0 Å². The maximum atomic E-state index is 13.0. The normalized spacial score (nSPS) is 18.2. The van der Waals surface area contributed by atoms with E-state index in [4.69, 9.17) is 5.11 Å². The lowest BCUT2D eigenvalue weighted by Gasteiger charge is -2.27. The third-order valence-corrected chi connectivity index (χ3v) is 6.68. The number of hydrogen-bond donors (Lipinski definition) is 7. The molecule has 37 heavy (non-hydrogen) atoms. The molecule has 0 radical (unpaired) electrons. The molecule has 0 saturated heterocycles. The molecule has 0 heterocycles. The van der Waals surface area contributed by atoms with Crippen LogP contribution >= 0.6 is 0 Å². The van der Waals surface area contributed by atoms with Gasteiger partial charge in [0.25, 0.3) is 0 Å². The number of carboxylic acids is 2. The van der Waals surface area contributed by atoms with Crippen LogP contribution in [0, 0.1) is 11.8 Å². The van der Waals surface area contributed by atoms with Crippen molar-refractivity contribution in [3.05, 3.63) is 0 Å². The van der Waals surface area contributed by atoms with Crippen LogP contribution in [0.15, 0.2) is 0 Å². The molecular formula is C25H44N4O8. The van der Waals surface area contributed by atoms with Gasteiger partial charge in [-0.25, -0.2) is 4.79 Å². The summed E-state index contributed by atoms with van der Waals surface area (Å²) in [5.74, 6) is -4.28. The molecule has 0 bridgehead atoms. The molecular weight excluding hydrogens is 484 g/mol. The highest BCUT2D eigenvalue weighted by molar-refractivity contribution is 5.94. The summed E-state index contributed by atoms with van der Waals surface area (Å²) in [6.07, 6.45) is 5.16. The molecule has 0 aliphatic heterocycles. The highest BCUT2D eigenvalue weighted by atomic mass is 16.4. The fourth-order valence-electron chi connectivity index (χ4n) is 4.35. The number of carbonyl (C=O) groups excluding carboxylic acids is 3. The Kier molecular flexibility index (Phi) is 14.1. The summed E-state index contributed by atoms with van der Waals surface area (Å²) in [4.78, 5) is 60.6. The van der Waals surface area contributed by atoms with Gasteiger partial charge in [-0.1, -0.05) is 46.0 Å². The van der Waals surface area contributed by atoms with E-state index in [9.17, 15) is 34.2 Å². The third kappa shape index (κ3) is 11.9. The van der Waals surface area contributed by atoms with Crippen LogP contribution in [0.25, 0.3) is 0 Å². The van der Waals surface area contributed by atoms with E-state index in [0.29, 0.717) is 12.5 Å². The lowest BCUT2D eigenvalue weighted by atomic mass is 9.87. The second-order valence-corrected chi connectivity index (χ2v) is 10.3. The van der Waals surface area contributed by atoms with E-state index in [-0.39, 0.29) is 18.8 Å². The van der Waals surface area contributed by atoms with Crippen molar-refractivity contribution in [2.24, 2.45) is 11.8 Å². The number of hydrogen-bond acceptors (Lipinski definition) is 7. The maximum absolute atomic E-state index is 13.0. The predicted octanol–water partition coefficient (Wildman–Crippen LogP) is 0.376. The van der Waals surface area contributed by atoms with E-state index in [2.05, 4.69) is 21.3 Å². The van der Waals surface area contributed by atoms with E-state index >= 15 is 0 Å². The number of aliphatic carboxylic acids is 2. The quantitative estimate of drug-likeness (QED) is 0.148. The van der Waals surface area contributed by atoms with Gasteiger partial charge in [0.05, 0.1) is 12.1 Å². The lowest BCUT2D eigenvalue weighted by Crippen LogP contribution is -2.59. The van der Waals surface area contributed by atoms with Crippen LogP contribution in [0.2, 0.25) is 0 Å². The van der Waals surface area contributed by atoms with Crippen molar-refractivity contribution < 1.29 is 39.3 Å². The molecule has 1 rings (SSSR count). The summed E-state index contributed by atoms with van der Waals surface area (Å²) in [5, 5.41) is 38.8. The SMILES string of the molecule is CC(C)[C@H](NC(=O)[C@H](C)NC(=O)[C@@H](NC(=O)[C@H](CCC(=O)O)NCCC1CCCCC1)C(C)O)C(=O)O. The minimum atomic E-state index is -1.41. The fourth-order valence-corrected chi connectivity index (χ4v) is 4.35. The average molecular weight is 529 g/mol. The molecule has 7 N–H and O–H groups in total. The first-order valence-corrected chi connectivity index (χ1v) is 13.1. The van der Waals surface area contributed by atoms with E-state index in [0.717, 1.165) is 19.3 Å². The molecule has 0 spiro atoms. The van der Waals surface area contributed by atoms with Crippen LogP contribution in [0.4, 0.5) is 0 Å². The van der Waals surface area contributed by atoms with Crippen molar-refractivity contribution in [1.82, 2.24) is 21.3 Å². The molecule has 212 valence electrons. The molecule has 1 aliphatic carbocycles. The highest BCUT2D eigenvalue weighted by Crippen LogP contribution is 2.25. The maximum Gasteiger partial charge on any atom is 0.326 e. The number of rotatable bonds is 16. The molecule has 12 heteroatoms. The van der Waals surface area contributed by atoms with Gasteiger partial charge < -0.3 is 36.6 Å². The Balaban J connectivity index is 2.77. The van der Waals surface area contributed by atoms with Crippen molar-refractivity contribution in [2.75, 3.05) is 6.54 Å². The zero-order valence-electron chi connectivity index (χ0n) is 22.3. The first kappa shape index (κ1) is 32.3. The van der Waals surface area contributed by atoms with E-state index < -0.39 is 59.9 Å². The number of aliphatic hydroxyl groups excluding tert-OH is 1. The Bertz CT molecular complexity index is 783. The molecule has 12 nitrogen and oxygen atoms in total. The summed E-state index contributed by atoms with van der Waals surface area (Å²) in [6, 6.07) is -4.57. The highest BCUT2D eigenvalue weighted by Gasteiger charge is 2.32. The fraction of sp³-hybridized carbons (Fsp3) is 0.800. The van der Waals surface area contributed by atoms with Gasteiger partial charge in [-0.2, -0.15) is 0 Å². The first-order chi connectivity index (χ1) is 17.3. The van der Waals surface area contributed by atoms with Gasteiger partial charge in [0, 0.05) is 6.42 Å². The van der Waals surface area contributed by atoms with Crippen LogP contribution in [0.5, 0.6) is 0 Å². The molecule has 0 aromatic carbocycles. The summed E-state index contributed by atoms with van der Waals surface area (Å²) >= 11 is 0. The van der Waals surface area contributed by atoms with Gasteiger partial charge in [0.2, 0.25) is 17.7 Å². The van der Waals surface area contributed by atoms with Crippen molar-refractivity contribution in [3.63, 3.8) is 0 Å². The Morgan fingerprint density at radius 1 is 0.811 bits per heavy atom. The van der Waals surface area contributed by atoms with Gasteiger partial charge in [0.1, 0.15) is 18.1 Å². The Morgan fingerprint density at radius 2 is 1.41 bits per heavy atom. The number of nitrogens with one attached hydrogen (secondary N) is 4. The third-order valence-electron chi connectivity index (χ3n) is 6.68. The van der Waals surface area contributed by atoms with Gasteiger partial charge in [-0.05, 0) is 45.1 Å². The standard InChI is InChI=1S/C25H44N4O8/c1-14(2)20(25(36)37)28-22(33)15(3)27-24(35)21(16(4)30)29-23(34)18(10-11-19(31)32)26-13-12-17-8-6-5-7-9-17/h14-18,20-21,26,30H,5-13H2,1-4H3,(H,27,35)(H,28,33)(H,29,34)(H,31,32)(H,36,37)/t15-,16?,18-,20-,21-/m0/s1. The second kappa shape index (κ2) is 16.2. The average Bonchev–Trinajstić information content (AvgIpc) is 2.82. The minimum Gasteiger partial charge on any atom is -0.481 e. The van der Waals surface area contributed by atoms with E-state index in [1.165, 1.54) is 33.1 Å². The molecule has 1 aliphatic rings. The van der Waals surface area contributed by atoms with Gasteiger partial charge in [-0.15, -0.1) is 0 Å². The zero-order valence-corrected chi connectivity index (χ0v) is 22.3. The molecule has 1 fully saturated rings. The topological polar surface area (TPSA) is 194 Å². The van der Waals surface area contributed by atoms with E-state index in [1.54, 1.807) is 13.8 Å². The molecule has 1 unspecified atom stereocenters. The Labute approximate surface area is 218 Å². The van der Waals surface area contributed by atoms with Gasteiger partial charge >= 0.3 is 11.9 Å². The van der Waals surface area contributed by atoms with Crippen molar-refractivity contribution in [3.8, 4) is 0 Å². The molecule has 1 saturated carbocycles. The summed E-state index contributed by atoms with van der Waals surface area (Å²) < 4.78 is 0. The summed E-state index contributed by atoms with van der Waals surface area (Å²) in [5.41, 5.74) is 0. The molecule has 0 aromatic rings. The summed E-state index contributed by atoms with van der Waals surface area (Å²) in [6.45, 7) is 6.44. The Hall–Kier alpha value is -2.73. The van der Waals surface area contributed by atoms with Crippen molar-refractivity contribution >= 4 is 29.7 Å². The van der Waals surface area contributed by atoms with Crippen LogP contribution in [0.3, 0.4) is 0 Å². The predicted molar refractivity (Wildman–Crippen MR) is 135 cm³/mol. The smallest absolute Gasteiger partial charge is 0.326 e. The van der Waals surface area contributed by atoms with Crippen LogP contribution < -0.4 is 21.3 Å². The van der Waals surface area contributed by atoms with Crippen LogP contribution in [-0.4, -0.2) is 81.8 Å². The monoisotopic (exact) mass is 528 g/mol.